The van der Waals surface area contributed by atoms with Gasteiger partial charge in [-0.25, -0.2) is 0 Å². The predicted molar refractivity (Wildman–Crippen MR) is 84.3 cm³/mol. The van der Waals surface area contributed by atoms with Crippen LogP contribution in [0.1, 0.15) is 25.3 Å². The second-order valence-electron chi connectivity index (χ2n) is 5.72. The SMILES string of the molecule is CNC1(C)CCN(Cc2cc(Br)c(O)c(OC)c2)CC1. The number of phenols is 1. The number of benzene rings is 1. The Labute approximate surface area is 129 Å². The van der Waals surface area contributed by atoms with Gasteiger partial charge in [-0.1, -0.05) is 0 Å². The second kappa shape index (κ2) is 6.33. The summed E-state index contributed by atoms with van der Waals surface area (Å²) in [4.78, 5) is 2.44. The molecule has 1 fully saturated rings. The number of hydrogen-bond acceptors (Lipinski definition) is 4. The van der Waals surface area contributed by atoms with Gasteiger partial charge in [0.1, 0.15) is 0 Å². The quantitative estimate of drug-likeness (QED) is 0.882. The maximum absolute atomic E-state index is 9.83. The zero-order chi connectivity index (χ0) is 14.8. The van der Waals surface area contributed by atoms with Crippen LogP contribution in [0.2, 0.25) is 0 Å². The van der Waals surface area contributed by atoms with Crippen LogP contribution >= 0.6 is 15.9 Å². The van der Waals surface area contributed by atoms with Crippen molar-refractivity contribution in [2.75, 3.05) is 27.2 Å². The molecule has 112 valence electrons. The molecule has 1 heterocycles. The fourth-order valence-electron chi connectivity index (χ4n) is 2.59. The first-order chi connectivity index (χ1) is 9.47. The van der Waals surface area contributed by atoms with Crippen molar-refractivity contribution in [2.45, 2.75) is 31.8 Å². The Morgan fingerprint density at radius 1 is 1.40 bits per heavy atom. The van der Waals surface area contributed by atoms with Crippen LogP contribution in [-0.4, -0.2) is 42.8 Å². The van der Waals surface area contributed by atoms with E-state index >= 15 is 0 Å². The van der Waals surface area contributed by atoms with Gasteiger partial charge in [0.15, 0.2) is 11.5 Å². The van der Waals surface area contributed by atoms with Gasteiger partial charge in [-0.05, 0) is 60.4 Å². The van der Waals surface area contributed by atoms with Crippen LogP contribution < -0.4 is 10.1 Å². The van der Waals surface area contributed by atoms with E-state index in [4.69, 9.17) is 4.74 Å². The maximum Gasteiger partial charge on any atom is 0.172 e. The lowest BCUT2D eigenvalue weighted by Gasteiger charge is -2.39. The smallest absolute Gasteiger partial charge is 0.172 e. The lowest BCUT2D eigenvalue weighted by atomic mass is 9.90. The number of likely N-dealkylation sites (tertiary alicyclic amines) is 1. The first kappa shape index (κ1) is 15.6. The second-order valence-corrected chi connectivity index (χ2v) is 6.57. The lowest BCUT2D eigenvalue weighted by molar-refractivity contribution is 0.146. The van der Waals surface area contributed by atoms with Crippen molar-refractivity contribution in [3.8, 4) is 11.5 Å². The summed E-state index contributed by atoms with van der Waals surface area (Å²) in [5.41, 5.74) is 1.42. The van der Waals surface area contributed by atoms with Crippen molar-refractivity contribution in [3.63, 3.8) is 0 Å². The van der Waals surface area contributed by atoms with Gasteiger partial charge in [-0.3, -0.25) is 4.90 Å². The van der Waals surface area contributed by atoms with E-state index in [0.29, 0.717) is 10.2 Å². The van der Waals surface area contributed by atoms with Crippen LogP contribution in [0.4, 0.5) is 0 Å². The molecule has 1 aromatic carbocycles. The van der Waals surface area contributed by atoms with Crippen LogP contribution in [0.5, 0.6) is 11.5 Å². The van der Waals surface area contributed by atoms with Gasteiger partial charge in [0.25, 0.3) is 0 Å². The van der Waals surface area contributed by atoms with E-state index in [-0.39, 0.29) is 11.3 Å². The number of rotatable bonds is 4. The summed E-state index contributed by atoms with van der Waals surface area (Å²) in [5.74, 6) is 0.684. The molecule has 0 aromatic heterocycles. The largest absolute Gasteiger partial charge is 0.503 e. The highest BCUT2D eigenvalue weighted by atomic mass is 79.9. The van der Waals surface area contributed by atoms with Crippen molar-refractivity contribution in [1.29, 1.82) is 0 Å². The average molecular weight is 343 g/mol. The highest BCUT2D eigenvalue weighted by Gasteiger charge is 2.28. The van der Waals surface area contributed by atoms with E-state index in [1.807, 2.05) is 19.2 Å². The fourth-order valence-corrected chi connectivity index (χ4v) is 3.08. The molecule has 0 bridgehead atoms. The minimum Gasteiger partial charge on any atom is -0.503 e. The van der Waals surface area contributed by atoms with Gasteiger partial charge in [0.2, 0.25) is 0 Å². The van der Waals surface area contributed by atoms with Crippen molar-refractivity contribution >= 4 is 15.9 Å². The van der Waals surface area contributed by atoms with Gasteiger partial charge in [-0.2, -0.15) is 0 Å². The highest BCUT2D eigenvalue weighted by molar-refractivity contribution is 9.10. The minimum absolute atomic E-state index is 0.164. The summed E-state index contributed by atoms with van der Waals surface area (Å²) in [5, 5.41) is 13.2. The molecule has 5 heteroatoms. The molecule has 0 saturated carbocycles. The molecule has 1 aromatic rings. The van der Waals surface area contributed by atoms with Gasteiger partial charge < -0.3 is 15.2 Å². The normalized spacial score (nSPS) is 19.0. The third kappa shape index (κ3) is 3.45. The standard InChI is InChI=1S/C15H23BrN2O2/c1-15(17-2)4-6-18(7-5-15)10-11-8-12(16)14(19)13(9-11)20-3/h8-9,17,19H,4-7,10H2,1-3H3. The fraction of sp³-hybridized carbons (Fsp3) is 0.600. The molecular formula is C15H23BrN2O2. The Bertz CT molecular complexity index is 471. The Kier molecular flexibility index (Phi) is 4.94. The van der Waals surface area contributed by atoms with Gasteiger partial charge in [0, 0.05) is 25.2 Å². The zero-order valence-corrected chi connectivity index (χ0v) is 14.0. The molecule has 2 N–H and O–H groups in total. The molecule has 0 aliphatic carbocycles. The summed E-state index contributed by atoms with van der Waals surface area (Å²) < 4.78 is 5.88. The molecule has 0 atom stereocenters. The van der Waals surface area contributed by atoms with Crippen molar-refractivity contribution in [1.82, 2.24) is 10.2 Å². The molecule has 20 heavy (non-hydrogen) atoms. The zero-order valence-electron chi connectivity index (χ0n) is 12.4. The highest BCUT2D eigenvalue weighted by Crippen LogP contribution is 2.35. The number of piperidine rings is 1. The molecule has 0 radical (unpaired) electrons. The van der Waals surface area contributed by atoms with Crippen LogP contribution in [0.3, 0.4) is 0 Å². The van der Waals surface area contributed by atoms with Crippen LogP contribution in [0, 0.1) is 0 Å². The van der Waals surface area contributed by atoms with E-state index in [2.05, 4.69) is 33.1 Å². The number of ether oxygens (including phenoxy) is 1. The summed E-state index contributed by atoms with van der Waals surface area (Å²) in [6.45, 7) is 5.33. The maximum atomic E-state index is 9.83. The minimum atomic E-state index is 0.164. The number of nitrogens with zero attached hydrogens (tertiary/aromatic N) is 1. The number of nitrogens with one attached hydrogen (secondary N) is 1. The predicted octanol–water partition coefficient (Wildman–Crippen LogP) is 2.74. The third-order valence-electron chi connectivity index (χ3n) is 4.28. The van der Waals surface area contributed by atoms with Gasteiger partial charge >= 0.3 is 0 Å². The number of methoxy groups -OCH3 is 1. The Morgan fingerprint density at radius 2 is 2.05 bits per heavy atom. The summed E-state index contributed by atoms with van der Waals surface area (Å²) >= 11 is 3.37. The molecular weight excluding hydrogens is 320 g/mol. The molecule has 0 unspecified atom stereocenters. The topological polar surface area (TPSA) is 44.7 Å². The molecule has 1 aliphatic rings. The number of aromatic hydroxyl groups is 1. The number of phenolic OH excluding ortho intramolecular Hbond substituents is 1. The average Bonchev–Trinajstić information content (AvgIpc) is 2.45. The summed E-state index contributed by atoms with van der Waals surface area (Å²) in [6, 6.07) is 3.87. The van der Waals surface area contributed by atoms with E-state index in [0.717, 1.165) is 38.0 Å². The molecule has 2 rings (SSSR count). The van der Waals surface area contributed by atoms with Crippen LogP contribution in [0.15, 0.2) is 16.6 Å². The third-order valence-corrected chi connectivity index (χ3v) is 4.88. The summed E-state index contributed by atoms with van der Waals surface area (Å²) in [7, 11) is 3.61. The van der Waals surface area contributed by atoms with Gasteiger partial charge in [-0.15, -0.1) is 0 Å². The number of halogens is 1. The Morgan fingerprint density at radius 3 is 2.60 bits per heavy atom. The summed E-state index contributed by atoms with van der Waals surface area (Å²) in [6.07, 6.45) is 2.31. The number of hydrogen-bond donors (Lipinski definition) is 2. The van der Waals surface area contributed by atoms with E-state index in [1.165, 1.54) is 0 Å². The van der Waals surface area contributed by atoms with Gasteiger partial charge in [0.05, 0.1) is 11.6 Å². The van der Waals surface area contributed by atoms with Crippen molar-refractivity contribution in [3.05, 3.63) is 22.2 Å². The van der Waals surface area contributed by atoms with Crippen LogP contribution in [-0.2, 0) is 6.54 Å². The molecule has 4 nitrogen and oxygen atoms in total. The Hall–Kier alpha value is -0.780. The monoisotopic (exact) mass is 342 g/mol. The molecule has 0 amide bonds. The van der Waals surface area contributed by atoms with Crippen LogP contribution in [0.25, 0.3) is 0 Å². The Balaban J connectivity index is 2.03. The molecule has 1 saturated heterocycles. The van der Waals surface area contributed by atoms with Crippen molar-refractivity contribution < 1.29 is 9.84 Å². The van der Waals surface area contributed by atoms with Crippen molar-refractivity contribution in [2.24, 2.45) is 0 Å². The first-order valence-electron chi connectivity index (χ1n) is 6.94. The van der Waals surface area contributed by atoms with E-state index in [9.17, 15) is 5.11 Å². The lowest BCUT2D eigenvalue weighted by Crippen LogP contribution is -2.49. The van der Waals surface area contributed by atoms with E-state index in [1.54, 1.807) is 7.11 Å². The first-order valence-corrected chi connectivity index (χ1v) is 7.73. The van der Waals surface area contributed by atoms with E-state index < -0.39 is 0 Å². The molecule has 0 spiro atoms. The molecule has 1 aliphatic heterocycles.